The lowest BCUT2D eigenvalue weighted by atomic mass is 9.89. The van der Waals surface area contributed by atoms with Crippen LogP contribution in [0.1, 0.15) is 23.6 Å². The fourth-order valence-corrected chi connectivity index (χ4v) is 2.64. The maximum Gasteiger partial charge on any atom is 0.0315 e. The molecule has 0 bridgehead atoms. The predicted molar refractivity (Wildman–Crippen MR) is 66.4 cm³/mol. The van der Waals surface area contributed by atoms with Gasteiger partial charge in [0.25, 0.3) is 0 Å². The molecule has 0 spiro atoms. The van der Waals surface area contributed by atoms with Crippen LogP contribution < -0.4 is 0 Å². The molecule has 0 aliphatic heterocycles. The molecule has 1 heterocycles. The van der Waals surface area contributed by atoms with Gasteiger partial charge < -0.3 is 0 Å². The maximum absolute atomic E-state index is 5.93. The largest absolute Gasteiger partial charge is 0.145 e. The molecule has 0 amide bonds. The average molecular weight is 229 g/mol. The van der Waals surface area contributed by atoms with E-state index < -0.39 is 0 Å². The Balaban J connectivity index is 2.72. The molecule has 78 valence electrons. The van der Waals surface area contributed by atoms with Crippen molar-refractivity contribution >= 4 is 22.9 Å². The standard InChI is InChI=1S/C12H17ClS/c1-4-10-6-7-11(14-10)8-12(3,5-2)9-13/h5-7H,2,4,8-9H2,1,3H3. The third kappa shape index (κ3) is 2.86. The predicted octanol–water partition coefficient (Wildman–Crippen LogP) is 4.28. The smallest absolute Gasteiger partial charge is 0.0315 e. The maximum atomic E-state index is 5.93. The molecule has 1 atom stereocenters. The Morgan fingerprint density at radius 3 is 2.57 bits per heavy atom. The first-order valence-electron chi connectivity index (χ1n) is 4.90. The van der Waals surface area contributed by atoms with Gasteiger partial charge in [-0.1, -0.05) is 19.9 Å². The molecule has 0 aliphatic rings. The third-order valence-electron chi connectivity index (χ3n) is 2.44. The van der Waals surface area contributed by atoms with Crippen LogP contribution in [0.4, 0.5) is 0 Å². The van der Waals surface area contributed by atoms with Crippen LogP contribution in [0, 0.1) is 5.41 Å². The van der Waals surface area contributed by atoms with Crippen LogP contribution in [-0.2, 0) is 12.8 Å². The van der Waals surface area contributed by atoms with Crippen molar-refractivity contribution in [1.29, 1.82) is 0 Å². The number of aryl methyl sites for hydroxylation is 1. The lowest BCUT2D eigenvalue weighted by Gasteiger charge is -2.21. The van der Waals surface area contributed by atoms with E-state index in [-0.39, 0.29) is 5.41 Å². The number of halogens is 1. The second-order valence-corrected chi connectivity index (χ2v) is 5.41. The summed E-state index contributed by atoms with van der Waals surface area (Å²) < 4.78 is 0. The minimum absolute atomic E-state index is 0.0391. The van der Waals surface area contributed by atoms with E-state index in [2.05, 4.69) is 32.6 Å². The van der Waals surface area contributed by atoms with Gasteiger partial charge in [0.2, 0.25) is 0 Å². The number of hydrogen-bond donors (Lipinski definition) is 0. The average Bonchev–Trinajstić information content (AvgIpc) is 2.65. The molecular weight excluding hydrogens is 212 g/mol. The van der Waals surface area contributed by atoms with Crippen molar-refractivity contribution in [1.82, 2.24) is 0 Å². The highest BCUT2D eigenvalue weighted by molar-refractivity contribution is 7.12. The topological polar surface area (TPSA) is 0 Å². The van der Waals surface area contributed by atoms with Crippen LogP contribution in [0.2, 0.25) is 0 Å². The number of alkyl halides is 1. The van der Waals surface area contributed by atoms with Gasteiger partial charge in [-0.05, 0) is 25.0 Å². The molecule has 0 aromatic carbocycles. The van der Waals surface area contributed by atoms with Gasteiger partial charge in [0.1, 0.15) is 0 Å². The van der Waals surface area contributed by atoms with Gasteiger partial charge in [-0.15, -0.1) is 29.5 Å². The fourth-order valence-electron chi connectivity index (χ4n) is 1.28. The monoisotopic (exact) mass is 228 g/mol. The van der Waals surface area contributed by atoms with E-state index in [1.807, 2.05) is 17.4 Å². The summed E-state index contributed by atoms with van der Waals surface area (Å²) in [6, 6.07) is 4.41. The van der Waals surface area contributed by atoms with Crippen LogP contribution in [0.15, 0.2) is 24.8 Å². The van der Waals surface area contributed by atoms with Gasteiger partial charge >= 0.3 is 0 Å². The molecule has 1 rings (SSSR count). The zero-order valence-electron chi connectivity index (χ0n) is 8.85. The molecule has 14 heavy (non-hydrogen) atoms. The van der Waals surface area contributed by atoms with Crippen LogP contribution in [0.25, 0.3) is 0 Å². The quantitative estimate of drug-likeness (QED) is 0.521. The Labute approximate surface area is 95.6 Å². The highest BCUT2D eigenvalue weighted by Crippen LogP contribution is 2.29. The van der Waals surface area contributed by atoms with E-state index >= 15 is 0 Å². The van der Waals surface area contributed by atoms with Gasteiger partial charge in [-0.2, -0.15) is 0 Å². The molecule has 0 radical (unpaired) electrons. The first-order valence-corrected chi connectivity index (χ1v) is 6.26. The first kappa shape index (κ1) is 11.8. The van der Waals surface area contributed by atoms with E-state index in [1.165, 1.54) is 9.75 Å². The summed E-state index contributed by atoms with van der Waals surface area (Å²) in [7, 11) is 0. The summed E-state index contributed by atoms with van der Waals surface area (Å²) in [5.41, 5.74) is 0.0391. The SMILES string of the molecule is C=CC(C)(CCl)Cc1ccc(CC)s1. The van der Waals surface area contributed by atoms with Gasteiger partial charge in [0, 0.05) is 21.0 Å². The number of thiophene rings is 1. The summed E-state index contributed by atoms with van der Waals surface area (Å²) >= 11 is 7.82. The third-order valence-corrected chi connectivity index (χ3v) is 4.28. The molecule has 0 fully saturated rings. The van der Waals surface area contributed by atoms with Gasteiger partial charge in [-0.3, -0.25) is 0 Å². The van der Waals surface area contributed by atoms with Crippen molar-refractivity contribution in [2.45, 2.75) is 26.7 Å². The summed E-state index contributed by atoms with van der Waals surface area (Å²) in [5.74, 6) is 0.635. The summed E-state index contributed by atoms with van der Waals surface area (Å²) in [5, 5.41) is 0. The van der Waals surface area contributed by atoms with Crippen molar-refractivity contribution in [2.24, 2.45) is 5.41 Å². The molecule has 0 nitrogen and oxygen atoms in total. The lowest BCUT2D eigenvalue weighted by Crippen LogP contribution is -2.17. The van der Waals surface area contributed by atoms with Gasteiger partial charge in [-0.25, -0.2) is 0 Å². The zero-order chi connectivity index (χ0) is 10.6. The van der Waals surface area contributed by atoms with Crippen LogP contribution >= 0.6 is 22.9 Å². The van der Waals surface area contributed by atoms with Crippen molar-refractivity contribution in [3.8, 4) is 0 Å². The van der Waals surface area contributed by atoms with E-state index in [0.29, 0.717) is 5.88 Å². The number of hydrogen-bond acceptors (Lipinski definition) is 1. The second-order valence-electron chi connectivity index (χ2n) is 3.89. The lowest BCUT2D eigenvalue weighted by molar-refractivity contribution is 0.490. The van der Waals surface area contributed by atoms with Crippen molar-refractivity contribution in [3.05, 3.63) is 34.5 Å². The Hall–Kier alpha value is -0.270. The number of allylic oxidation sites excluding steroid dienone is 1. The van der Waals surface area contributed by atoms with Crippen LogP contribution in [-0.4, -0.2) is 5.88 Å². The molecule has 0 saturated heterocycles. The van der Waals surface area contributed by atoms with Crippen molar-refractivity contribution in [3.63, 3.8) is 0 Å². The minimum Gasteiger partial charge on any atom is -0.145 e. The normalized spacial score (nSPS) is 15.1. The molecular formula is C12H17ClS. The minimum atomic E-state index is 0.0391. The highest BCUT2D eigenvalue weighted by Gasteiger charge is 2.20. The Morgan fingerprint density at radius 2 is 2.14 bits per heavy atom. The second kappa shape index (κ2) is 4.99. The molecule has 0 N–H and O–H groups in total. The summed E-state index contributed by atoms with van der Waals surface area (Å²) in [6.45, 7) is 8.18. The molecule has 1 aromatic rings. The number of rotatable bonds is 5. The Kier molecular flexibility index (Phi) is 4.21. The molecule has 1 aromatic heterocycles. The van der Waals surface area contributed by atoms with E-state index in [4.69, 9.17) is 11.6 Å². The van der Waals surface area contributed by atoms with E-state index in [1.54, 1.807) is 0 Å². The van der Waals surface area contributed by atoms with Crippen molar-refractivity contribution in [2.75, 3.05) is 5.88 Å². The fraction of sp³-hybridized carbons (Fsp3) is 0.500. The van der Waals surface area contributed by atoms with Crippen LogP contribution in [0.5, 0.6) is 0 Å². The summed E-state index contributed by atoms with van der Waals surface area (Å²) in [6.07, 6.45) is 4.09. The molecule has 1 unspecified atom stereocenters. The van der Waals surface area contributed by atoms with Crippen LogP contribution in [0.3, 0.4) is 0 Å². The van der Waals surface area contributed by atoms with E-state index in [9.17, 15) is 0 Å². The Morgan fingerprint density at radius 1 is 1.50 bits per heavy atom. The molecule has 0 saturated carbocycles. The molecule has 2 heteroatoms. The van der Waals surface area contributed by atoms with Gasteiger partial charge in [0.15, 0.2) is 0 Å². The summed E-state index contributed by atoms with van der Waals surface area (Å²) in [4.78, 5) is 2.85. The highest BCUT2D eigenvalue weighted by atomic mass is 35.5. The zero-order valence-corrected chi connectivity index (χ0v) is 10.4. The van der Waals surface area contributed by atoms with E-state index in [0.717, 1.165) is 12.8 Å². The first-order chi connectivity index (χ1) is 6.63. The Bertz CT molecular complexity index is 303. The van der Waals surface area contributed by atoms with Gasteiger partial charge in [0.05, 0.1) is 0 Å². The van der Waals surface area contributed by atoms with Crippen molar-refractivity contribution < 1.29 is 0 Å². The molecule has 0 aliphatic carbocycles.